The van der Waals surface area contributed by atoms with E-state index >= 15 is 0 Å². The smallest absolute Gasteiger partial charge is 0.252 e. The number of ether oxygens (including phenoxy) is 1. The summed E-state index contributed by atoms with van der Waals surface area (Å²) in [5, 5.41) is 2.38. The van der Waals surface area contributed by atoms with E-state index in [9.17, 15) is 18.4 Å². The van der Waals surface area contributed by atoms with Gasteiger partial charge in [0, 0.05) is 18.1 Å². The van der Waals surface area contributed by atoms with Gasteiger partial charge in [0.05, 0.1) is 7.11 Å². The maximum Gasteiger partial charge on any atom is 0.252 e. The summed E-state index contributed by atoms with van der Waals surface area (Å²) in [6.45, 7) is 0. The standard InChI is InChI=1S/C17H16F2N2O3/c1-24-15-5-3-2-4-10(15)8-14(16(20)22)21-17(23)11-6-12(18)9-13(19)7-11/h2-7,9,14H,8H2,1H3,(H2,20,22)(H,21,23)/t14-/m1/s1. The maximum atomic E-state index is 13.2. The van der Waals surface area contributed by atoms with Crippen molar-refractivity contribution in [3.63, 3.8) is 0 Å². The summed E-state index contributed by atoms with van der Waals surface area (Å²) in [7, 11) is 1.48. The quantitative estimate of drug-likeness (QED) is 0.845. The molecule has 2 amide bonds. The van der Waals surface area contributed by atoms with Gasteiger partial charge in [-0.15, -0.1) is 0 Å². The summed E-state index contributed by atoms with van der Waals surface area (Å²) in [6, 6.07) is 8.28. The van der Waals surface area contributed by atoms with Gasteiger partial charge in [-0.25, -0.2) is 8.78 Å². The lowest BCUT2D eigenvalue weighted by Gasteiger charge is -2.17. The molecule has 0 saturated carbocycles. The Morgan fingerprint density at radius 3 is 2.38 bits per heavy atom. The van der Waals surface area contributed by atoms with Gasteiger partial charge in [-0.2, -0.15) is 0 Å². The molecule has 2 aromatic rings. The Morgan fingerprint density at radius 1 is 1.17 bits per heavy atom. The molecule has 0 spiro atoms. The number of para-hydroxylation sites is 1. The van der Waals surface area contributed by atoms with Gasteiger partial charge in [0.15, 0.2) is 0 Å². The molecule has 0 bridgehead atoms. The van der Waals surface area contributed by atoms with Gasteiger partial charge in [0.1, 0.15) is 23.4 Å². The Kier molecular flexibility index (Phi) is 5.47. The minimum absolute atomic E-state index is 0.0862. The zero-order valence-corrected chi connectivity index (χ0v) is 12.9. The zero-order chi connectivity index (χ0) is 17.7. The molecule has 126 valence electrons. The Hall–Kier alpha value is -2.96. The van der Waals surface area contributed by atoms with E-state index in [1.54, 1.807) is 24.3 Å². The number of primary amides is 1. The van der Waals surface area contributed by atoms with Gasteiger partial charge < -0.3 is 15.8 Å². The molecule has 0 heterocycles. The van der Waals surface area contributed by atoms with E-state index in [2.05, 4.69) is 5.32 Å². The van der Waals surface area contributed by atoms with Crippen molar-refractivity contribution in [1.29, 1.82) is 0 Å². The molecule has 0 saturated heterocycles. The zero-order valence-electron chi connectivity index (χ0n) is 12.9. The van der Waals surface area contributed by atoms with E-state index in [1.165, 1.54) is 7.11 Å². The highest BCUT2D eigenvalue weighted by Crippen LogP contribution is 2.19. The number of carbonyl (C=O) groups is 2. The molecule has 5 nitrogen and oxygen atoms in total. The summed E-state index contributed by atoms with van der Waals surface area (Å²) in [5.74, 6) is -2.81. The molecule has 0 fully saturated rings. The van der Waals surface area contributed by atoms with Crippen LogP contribution in [0, 0.1) is 11.6 Å². The first-order valence-corrected chi connectivity index (χ1v) is 7.09. The third-order valence-electron chi connectivity index (χ3n) is 3.39. The molecular formula is C17H16F2N2O3. The monoisotopic (exact) mass is 334 g/mol. The first-order chi connectivity index (χ1) is 11.4. The molecule has 0 aromatic heterocycles. The fraction of sp³-hybridized carbons (Fsp3) is 0.176. The van der Waals surface area contributed by atoms with Gasteiger partial charge in [0.25, 0.3) is 5.91 Å². The van der Waals surface area contributed by atoms with Gasteiger partial charge in [-0.3, -0.25) is 9.59 Å². The van der Waals surface area contributed by atoms with Crippen LogP contribution in [-0.4, -0.2) is 25.0 Å². The predicted octanol–water partition coefficient (Wildman–Crippen LogP) is 1.80. The summed E-state index contributed by atoms with van der Waals surface area (Å²) in [6.07, 6.45) is 0.0862. The maximum absolute atomic E-state index is 13.2. The van der Waals surface area contributed by atoms with Crippen molar-refractivity contribution in [1.82, 2.24) is 5.32 Å². The van der Waals surface area contributed by atoms with Gasteiger partial charge in [-0.1, -0.05) is 18.2 Å². The number of carbonyl (C=O) groups excluding carboxylic acids is 2. The van der Waals surface area contributed by atoms with E-state index in [0.29, 0.717) is 17.4 Å². The molecule has 1 atom stereocenters. The van der Waals surface area contributed by atoms with E-state index in [1.807, 2.05) is 0 Å². The first-order valence-electron chi connectivity index (χ1n) is 7.09. The first kappa shape index (κ1) is 17.4. The van der Waals surface area contributed by atoms with Crippen LogP contribution in [0.3, 0.4) is 0 Å². The number of rotatable bonds is 6. The fourth-order valence-corrected chi connectivity index (χ4v) is 2.24. The molecule has 24 heavy (non-hydrogen) atoms. The molecule has 0 aliphatic heterocycles. The predicted molar refractivity (Wildman–Crippen MR) is 83.5 cm³/mol. The normalized spacial score (nSPS) is 11.6. The van der Waals surface area contributed by atoms with Crippen molar-refractivity contribution >= 4 is 11.8 Å². The van der Waals surface area contributed by atoms with Crippen molar-refractivity contribution in [2.75, 3.05) is 7.11 Å². The average molecular weight is 334 g/mol. The molecule has 0 aliphatic rings. The van der Waals surface area contributed by atoms with Crippen LogP contribution in [0.15, 0.2) is 42.5 Å². The van der Waals surface area contributed by atoms with Crippen molar-refractivity contribution in [3.8, 4) is 5.75 Å². The van der Waals surface area contributed by atoms with Crippen LogP contribution >= 0.6 is 0 Å². The number of hydrogen-bond acceptors (Lipinski definition) is 3. The highest BCUT2D eigenvalue weighted by atomic mass is 19.1. The van der Waals surface area contributed by atoms with Gasteiger partial charge >= 0.3 is 0 Å². The topological polar surface area (TPSA) is 81.4 Å². The second-order valence-electron chi connectivity index (χ2n) is 5.10. The summed E-state index contributed by atoms with van der Waals surface area (Å²) < 4.78 is 31.6. The van der Waals surface area contributed by atoms with E-state index in [-0.39, 0.29) is 12.0 Å². The second kappa shape index (κ2) is 7.54. The molecule has 0 aliphatic carbocycles. The van der Waals surface area contributed by atoms with Gasteiger partial charge in [-0.05, 0) is 23.8 Å². The minimum atomic E-state index is -1.06. The van der Waals surface area contributed by atoms with Crippen LogP contribution in [0.4, 0.5) is 8.78 Å². The van der Waals surface area contributed by atoms with Crippen molar-refractivity contribution in [2.45, 2.75) is 12.5 Å². The van der Waals surface area contributed by atoms with Gasteiger partial charge in [0.2, 0.25) is 5.91 Å². The number of halogens is 2. The lowest BCUT2D eigenvalue weighted by atomic mass is 10.0. The van der Waals surface area contributed by atoms with Crippen LogP contribution in [-0.2, 0) is 11.2 Å². The number of nitrogens with one attached hydrogen (secondary N) is 1. The van der Waals surface area contributed by atoms with Crippen LogP contribution < -0.4 is 15.8 Å². The summed E-state index contributed by atoms with van der Waals surface area (Å²) in [4.78, 5) is 23.7. The molecule has 3 N–H and O–H groups in total. The summed E-state index contributed by atoms with van der Waals surface area (Å²) >= 11 is 0. The van der Waals surface area contributed by atoms with Crippen LogP contribution in [0.5, 0.6) is 5.75 Å². The lowest BCUT2D eigenvalue weighted by Crippen LogP contribution is -2.46. The Labute approximate surface area is 137 Å². The fourth-order valence-electron chi connectivity index (χ4n) is 2.24. The molecule has 2 rings (SSSR count). The van der Waals surface area contributed by atoms with E-state index < -0.39 is 29.5 Å². The molecular weight excluding hydrogens is 318 g/mol. The highest BCUT2D eigenvalue weighted by molar-refractivity contribution is 5.97. The van der Waals surface area contributed by atoms with E-state index in [4.69, 9.17) is 10.5 Å². The Bertz CT molecular complexity index is 745. The molecule has 0 unspecified atom stereocenters. The third kappa shape index (κ3) is 4.28. The number of nitrogens with two attached hydrogens (primary N) is 1. The highest BCUT2D eigenvalue weighted by Gasteiger charge is 2.21. The van der Waals surface area contributed by atoms with Crippen molar-refractivity contribution in [3.05, 3.63) is 65.2 Å². The van der Waals surface area contributed by atoms with Crippen molar-refractivity contribution < 1.29 is 23.1 Å². The van der Waals surface area contributed by atoms with Crippen molar-refractivity contribution in [2.24, 2.45) is 5.73 Å². The lowest BCUT2D eigenvalue weighted by molar-refractivity contribution is -0.119. The van der Waals surface area contributed by atoms with Crippen LogP contribution in [0.25, 0.3) is 0 Å². The molecule has 2 aromatic carbocycles. The number of methoxy groups -OCH3 is 1. The van der Waals surface area contributed by atoms with E-state index in [0.717, 1.165) is 12.1 Å². The van der Waals surface area contributed by atoms with Crippen LogP contribution in [0.2, 0.25) is 0 Å². The number of hydrogen-bond donors (Lipinski definition) is 2. The number of amides is 2. The number of benzene rings is 2. The minimum Gasteiger partial charge on any atom is -0.496 e. The Morgan fingerprint density at radius 2 is 1.79 bits per heavy atom. The molecule has 0 radical (unpaired) electrons. The SMILES string of the molecule is COc1ccccc1C[C@@H](NC(=O)c1cc(F)cc(F)c1)C(N)=O. The van der Waals surface area contributed by atoms with Crippen LogP contribution in [0.1, 0.15) is 15.9 Å². The third-order valence-corrected chi connectivity index (χ3v) is 3.39. The Balaban J connectivity index is 2.19. The average Bonchev–Trinajstić information content (AvgIpc) is 2.53. The largest absolute Gasteiger partial charge is 0.496 e. The summed E-state index contributed by atoms with van der Waals surface area (Å²) in [5.41, 5.74) is 5.74. The second-order valence-corrected chi connectivity index (χ2v) is 5.10. The molecule has 7 heteroatoms.